The van der Waals surface area contributed by atoms with Crippen molar-refractivity contribution >= 4 is 5.96 Å². The molecule has 0 bridgehead atoms. The molecule has 0 radical (unpaired) electrons. The fraction of sp³-hybridized carbons (Fsp3) is 0.381. The molecule has 132 valence electrons. The molecule has 1 unspecified atom stereocenters. The van der Waals surface area contributed by atoms with Crippen LogP contribution in [-0.4, -0.2) is 44.7 Å². The van der Waals surface area contributed by atoms with Crippen LogP contribution in [0.2, 0.25) is 0 Å². The molecule has 0 aliphatic carbocycles. The van der Waals surface area contributed by atoms with Crippen molar-refractivity contribution in [3.63, 3.8) is 0 Å². The average Bonchev–Trinajstić information content (AvgIpc) is 3.16. The number of rotatable bonds is 5. The minimum atomic E-state index is 0.554. The van der Waals surface area contributed by atoms with Gasteiger partial charge in [-0.3, -0.25) is 4.99 Å². The maximum atomic E-state index is 5.25. The topological polar surface area (TPSA) is 36.9 Å². The van der Waals surface area contributed by atoms with E-state index < -0.39 is 0 Å². The zero-order chi connectivity index (χ0) is 17.5. The Balaban J connectivity index is 1.52. The molecule has 1 saturated heterocycles. The van der Waals surface area contributed by atoms with Gasteiger partial charge in [-0.25, -0.2) is 0 Å². The summed E-state index contributed by atoms with van der Waals surface area (Å²) in [6.45, 7) is 2.96. The highest BCUT2D eigenvalue weighted by atomic mass is 16.5. The fourth-order valence-electron chi connectivity index (χ4n) is 3.40. The average molecular weight is 337 g/mol. The summed E-state index contributed by atoms with van der Waals surface area (Å²) in [6, 6.07) is 19.0. The molecule has 2 aromatic carbocycles. The van der Waals surface area contributed by atoms with E-state index in [1.807, 2.05) is 19.2 Å². The van der Waals surface area contributed by atoms with Gasteiger partial charge in [-0.05, 0) is 36.1 Å². The van der Waals surface area contributed by atoms with Crippen LogP contribution in [0.25, 0.3) is 0 Å². The number of guanidine groups is 1. The summed E-state index contributed by atoms with van der Waals surface area (Å²) in [5, 5.41) is 3.51. The molecule has 1 atom stereocenters. The Morgan fingerprint density at radius 1 is 1.16 bits per heavy atom. The number of nitrogens with zero attached hydrogens (tertiary/aromatic N) is 2. The molecule has 1 N–H and O–H groups in total. The van der Waals surface area contributed by atoms with Crippen molar-refractivity contribution in [1.29, 1.82) is 0 Å². The lowest BCUT2D eigenvalue weighted by atomic mass is 9.98. The molecule has 0 aromatic heterocycles. The van der Waals surface area contributed by atoms with E-state index >= 15 is 0 Å². The lowest BCUT2D eigenvalue weighted by Gasteiger charge is -2.22. The van der Waals surface area contributed by atoms with Crippen molar-refractivity contribution in [2.45, 2.75) is 18.8 Å². The van der Waals surface area contributed by atoms with Gasteiger partial charge in [0.1, 0.15) is 5.75 Å². The Hall–Kier alpha value is -2.49. The largest absolute Gasteiger partial charge is 0.497 e. The van der Waals surface area contributed by atoms with Crippen molar-refractivity contribution in [3.05, 3.63) is 65.7 Å². The van der Waals surface area contributed by atoms with Crippen LogP contribution in [0.15, 0.2) is 59.6 Å². The molecule has 1 fully saturated rings. The first-order valence-electron chi connectivity index (χ1n) is 8.93. The van der Waals surface area contributed by atoms with E-state index in [1.165, 1.54) is 11.1 Å². The standard InChI is InChI=1S/C21H27N3O/c1-22-21(23-14-12-17-6-4-3-5-7-17)24-15-13-19(16-24)18-8-10-20(25-2)11-9-18/h3-11,19H,12-16H2,1-2H3,(H,22,23). The number of likely N-dealkylation sites (tertiary alicyclic amines) is 1. The van der Waals surface area contributed by atoms with Crippen LogP contribution < -0.4 is 10.1 Å². The Morgan fingerprint density at radius 3 is 2.60 bits per heavy atom. The second-order valence-corrected chi connectivity index (χ2v) is 6.41. The van der Waals surface area contributed by atoms with E-state index in [2.05, 4.69) is 57.7 Å². The van der Waals surface area contributed by atoms with E-state index in [9.17, 15) is 0 Å². The number of ether oxygens (including phenoxy) is 1. The normalized spacial score (nSPS) is 17.6. The summed E-state index contributed by atoms with van der Waals surface area (Å²) in [5.74, 6) is 2.47. The molecule has 4 nitrogen and oxygen atoms in total. The molecule has 2 aromatic rings. The smallest absolute Gasteiger partial charge is 0.193 e. The second kappa shape index (κ2) is 8.56. The molecule has 4 heteroatoms. The van der Waals surface area contributed by atoms with E-state index in [1.54, 1.807) is 7.11 Å². The first-order valence-corrected chi connectivity index (χ1v) is 8.93. The molecule has 25 heavy (non-hydrogen) atoms. The lowest BCUT2D eigenvalue weighted by Crippen LogP contribution is -2.40. The predicted molar refractivity (Wildman–Crippen MR) is 103 cm³/mol. The first kappa shape index (κ1) is 17.3. The number of hydrogen-bond acceptors (Lipinski definition) is 2. The minimum Gasteiger partial charge on any atom is -0.497 e. The number of hydrogen-bond donors (Lipinski definition) is 1. The van der Waals surface area contributed by atoms with Crippen LogP contribution in [0.1, 0.15) is 23.5 Å². The zero-order valence-corrected chi connectivity index (χ0v) is 15.1. The van der Waals surface area contributed by atoms with Crippen LogP contribution in [0.3, 0.4) is 0 Å². The van der Waals surface area contributed by atoms with Gasteiger partial charge in [0.25, 0.3) is 0 Å². The highest BCUT2D eigenvalue weighted by Gasteiger charge is 2.25. The summed E-state index contributed by atoms with van der Waals surface area (Å²) in [4.78, 5) is 6.83. The van der Waals surface area contributed by atoms with Gasteiger partial charge in [0, 0.05) is 32.6 Å². The molecule has 3 rings (SSSR count). The van der Waals surface area contributed by atoms with Gasteiger partial charge in [-0.2, -0.15) is 0 Å². The number of benzene rings is 2. The maximum Gasteiger partial charge on any atom is 0.193 e. The van der Waals surface area contributed by atoms with Crippen molar-refractivity contribution in [1.82, 2.24) is 10.2 Å². The van der Waals surface area contributed by atoms with Crippen LogP contribution in [-0.2, 0) is 6.42 Å². The number of methoxy groups -OCH3 is 1. The molecule has 0 amide bonds. The van der Waals surface area contributed by atoms with Gasteiger partial charge < -0.3 is 15.0 Å². The Labute approximate surface area is 150 Å². The summed E-state index contributed by atoms with van der Waals surface area (Å²) in [6.07, 6.45) is 2.17. The highest BCUT2D eigenvalue weighted by molar-refractivity contribution is 5.80. The predicted octanol–water partition coefficient (Wildman–Crippen LogP) is 3.30. The van der Waals surface area contributed by atoms with E-state index in [4.69, 9.17) is 4.74 Å². The molecule has 1 aliphatic heterocycles. The van der Waals surface area contributed by atoms with Crippen molar-refractivity contribution < 1.29 is 4.74 Å². The zero-order valence-electron chi connectivity index (χ0n) is 15.1. The molecular formula is C21H27N3O. The molecule has 1 aliphatic rings. The third kappa shape index (κ3) is 4.53. The minimum absolute atomic E-state index is 0.554. The second-order valence-electron chi connectivity index (χ2n) is 6.41. The first-order chi connectivity index (χ1) is 12.3. The van der Waals surface area contributed by atoms with Crippen LogP contribution in [0, 0.1) is 0 Å². The Bertz CT molecular complexity index is 682. The van der Waals surface area contributed by atoms with Crippen LogP contribution in [0.4, 0.5) is 0 Å². The highest BCUT2D eigenvalue weighted by Crippen LogP contribution is 2.28. The third-order valence-corrected chi connectivity index (χ3v) is 4.83. The molecular weight excluding hydrogens is 310 g/mol. The van der Waals surface area contributed by atoms with Gasteiger partial charge >= 0.3 is 0 Å². The quantitative estimate of drug-likeness (QED) is 0.672. The summed E-state index contributed by atoms with van der Waals surface area (Å²) >= 11 is 0. The van der Waals surface area contributed by atoms with Gasteiger partial charge in [0.2, 0.25) is 0 Å². The Kier molecular flexibility index (Phi) is 5.94. The lowest BCUT2D eigenvalue weighted by molar-refractivity contribution is 0.414. The fourth-order valence-corrected chi connectivity index (χ4v) is 3.40. The number of aliphatic imine (C=N–C) groups is 1. The van der Waals surface area contributed by atoms with Gasteiger partial charge in [0.15, 0.2) is 5.96 Å². The Morgan fingerprint density at radius 2 is 1.92 bits per heavy atom. The third-order valence-electron chi connectivity index (χ3n) is 4.83. The van der Waals surface area contributed by atoms with Crippen LogP contribution >= 0.6 is 0 Å². The molecule has 0 spiro atoms. The van der Waals surface area contributed by atoms with Crippen LogP contribution in [0.5, 0.6) is 5.75 Å². The van der Waals surface area contributed by atoms with Crippen molar-refractivity contribution in [2.24, 2.45) is 4.99 Å². The van der Waals surface area contributed by atoms with Gasteiger partial charge in [-0.15, -0.1) is 0 Å². The van der Waals surface area contributed by atoms with Crippen molar-refractivity contribution in [2.75, 3.05) is 33.8 Å². The summed E-state index contributed by atoms with van der Waals surface area (Å²) in [5.41, 5.74) is 2.73. The maximum absolute atomic E-state index is 5.25. The SMILES string of the molecule is CN=C(NCCc1ccccc1)N1CCC(c2ccc(OC)cc2)C1. The van der Waals surface area contributed by atoms with E-state index in [-0.39, 0.29) is 0 Å². The van der Waals surface area contributed by atoms with Gasteiger partial charge in [-0.1, -0.05) is 42.5 Å². The van der Waals surface area contributed by atoms with Gasteiger partial charge in [0.05, 0.1) is 7.11 Å². The van der Waals surface area contributed by atoms with E-state index in [0.717, 1.165) is 44.2 Å². The monoisotopic (exact) mass is 337 g/mol. The summed E-state index contributed by atoms with van der Waals surface area (Å²) < 4.78 is 5.25. The number of nitrogens with one attached hydrogen (secondary N) is 1. The summed E-state index contributed by atoms with van der Waals surface area (Å²) in [7, 11) is 3.57. The van der Waals surface area contributed by atoms with E-state index in [0.29, 0.717) is 5.92 Å². The molecule has 1 heterocycles. The molecule has 0 saturated carbocycles. The van der Waals surface area contributed by atoms with Crippen molar-refractivity contribution in [3.8, 4) is 5.75 Å².